The monoisotopic (exact) mass is 594 g/mol. The number of fused-ring (bicyclic) bond motifs is 1. The van der Waals surface area contributed by atoms with Crippen molar-refractivity contribution in [1.82, 2.24) is 20.3 Å². The average Bonchev–Trinajstić information content (AvgIpc) is 3.45. The molecule has 0 unspecified atom stereocenters. The highest BCUT2D eigenvalue weighted by Crippen LogP contribution is 2.43. The van der Waals surface area contributed by atoms with Gasteiger partial charge in [-0.05, 0) is 85.8 Å². The van der Waals surface area contributed by atoms with E-state index in [4.69, 9.17) is 9.26 Å². The number of carbonyl (C=O) groups is 2. The number of rotatable bonds is 10. The summed E-state index contributed by atoms with van der Waals surface area (Å²) in [4.78, 5) is 29.8. The molecule has 4 aromatic rings. The zero-order valence-corrected chi connectivity index (χ0v) is 26.6. The van der Waals surface area contributed by atoms with Gasteiger partial charge < -0.3 is 24.4 Å². The Morgan fingerprint density at radius 2 is 1.84 bits per heavy atom. The molecule has 0 aliphatic carbocycles. The minimum Gasteiger partial charge on any atom is -0.488 e. The Hall–Kier alpha value is -4.43. The molecule has 0 saturated carbocycles. The first kappa shape index (κ1) is 31.0. The highest BCUT2D eigenvalue weighted by molar-refractivity contribution is 6.02. The molecule has 0 radical (unpaired) electrons. The van der Waals surface area contributed by atoms with Gasteiger partial charge >= 0.3 is 0 Å². The van der Waals surface area contributed by atoms with Crippen molar-refractivity contribution in [2.75, 3.05) is 33.7 Å². The Balaban J connectivity index is 1.60. The van der Waals surface area contributed by atoms with Crippen molar-refractivity contribution in [3.05, 3.63) is 94.2 Å². The first-order chi connectivity index (χ1) is 21.2. The lowest BCUT2D eigenvalue weighted by molar-refractivity contribution is -0.132. The van der Waals surface area contributed by atoms with Crippen molar-refractivity contribution in [2.45, 2.75) is 53.2 Å². The van der Waals surface area contributed by atoms with Crippen molar-refractivity contribution in [1.29, 1.82) is 0 Å². The number of aromatic nitrogens is 1. The van der Waals surface area contributed by atoms with Crippen molar-refractivity contribution in [3.63, 3.8) is 0 Å². The van der Waals surface area contributed by atoms with E-state index in [9.17, 15) is 9.59 Å². The molecule has 0 atom stereocenters. The SMILES string of the molecule is CCNC(=O)c1noc(-c2cc(C(C)C)c(C)cc2OCc2ccccc2)c1-c1ccc2c(c1)CCN(C(=O)CN(C)C)C2. The molecule has 5 rings (SSSR count). The Morgan fingerprint density at radius 3 is 2.55 bits per heavy atom. The van der Waals surface area contributed by atoms with Crippen molar-refractivity contribution in [2.24, 2.45) is 0 Å². The van der Waals surface area contributed by atoms with Gasteiger partial charge in [0.2, 0.25) is 5.91 Å². The van der Waals surface area contributed by atoms with E-state index in [1.165, 1.54) is 5.56 Å². The number of likely N-dealkylation sites (N-methyl/N-ethyl adjacent to an activating group) is 1. The third-order valence-corrected chi connectivity index (χ3v) is 8.03. The van der Waals surface area contributed by atoms with E-state index in [2.05, 4.69) is 55.5 Å². The van der Waals surface area contributed by atoms with Crippen LogP contribution in [-0.2, 0) is 24.4 Å². The number of hydrogen-bond acceptors (Lipinski definition) is 6. The summed E-state index contributed by atoms with van der Waals surface area (Å²) in [5.41, 5.74) is 8.07. The predicted molar refractivity (Wildman–Crippen MR) is 173 cm³/mol. The van der Waals surface area contributed by atoms with Gasteiger partial charge in [0.1, 0.15) is 12.4 Å². The molecule has 8 nitrogen and oxygen atoms in total. The Morgan fingerprint density at radius 1 is 1.07 bits per heavy atom. The van der Waals surface area contributed by atoms with Crippen LogP contribution < -0.4 is 10.1 Å². The van der Waals surface area contributed by atoms with Gasteiger partial charge in [0.15, 0.2) is 11.5 Å². The van der Waals surface area contributed by atoms with Crippen molar-refractivity contribution in [3.8, 4) is 28.2 Å². The molecular formula is C36H42N4O4. The summed E-state index contributed by atoms with van der Waals surface area (Å²) in [5.74, 6) is 1.26. The third kappa shape index (κ3) is 6.70. The molecular weight excluding hydrogens is 552 g/mol. The first-order valence-corrected chi connectivity index (χ1v) is 15.3. The van der Waals surface area contributed by atoms with Gasteiger partial charge in [-0.15, -0.1) is 0 Å². The normalized spacial score (nSPS) is 12.9. The minimum absolute atomic E-state index is 0.118. The second-order valence-electron chi connectivity index (χ2n) is 12.0. The number of ether oxygens (including phenoxy) is 1. The molecule has 1 aliphatic heterocycles. The molecule has 0 bridgehead atoms. The third-order valence-electron chi connectivity index (χ3n) is 8.03. The second kappa shape index (κ2) is 13.5. The molecule has 2 heterocycles. The predicted octanol–water partition coefficient (Wildman–Crippen LogP) is 6.22. The Bertz CT molecular complexity index is 1640. The standard InChI is InChI=1S/C36H42N4O4/c1-7-37-36(42)34-33(27-13-14-28-20-40(16-15-26(28)18-27)32(41)21-39(5)6)35(44-38-34)30-19-29(23(2)3)24(4)17-31(30)43-22-25-11-9-8-10-12-25/h8-14,17-19,23H,7,15-16,20-22H2,1-6H3,(H,37,42). The number of nitrogens with zero attached hydrogens (tertiary/aromatic N) is 3. The number of benzene rings is 3. The van der Waals surface area contributed by atoms with Gasteiger partial charge in [-0.2, -0.15) is 0 Å². The summed E-state index contributed by atoms with van der Waals surface area (Å²) in [6.45, 7) is 10.7. The zero-order valence-electron chi connectivity index (χ0n) is 26.6. The summed E-state index contributed by atoms with van der Waals surface area (Å²) < 4.78 is 12.5. The summed E-state index contributed by atoms with van der Waals surface area (Å²) >= 11 is 0. The van der Waals surface area contributed by atoms with E-state index in [1.54, 1.807) is 0 Å². The van der Waals surface area contributed by atoms with E-state index >= 15 is 0 Å². The lowest BCUT2D eigenvalue weighted by atomic mass is 9.90. The van der Waals surface area contributed by atoms with Crippen LogP contribution in [0.2, 0.25) is 0 Å². The Labute approximate surface area is 260 Å². The van der Waals surface area contributed by atoms with Gasteiger partial charge in [-0.25, -0.2) is 0 Å². The van der Waals surface area contributed by atoms with Gasteiger partial charge in [-0.1, -0.05) is 67.5 Å². The van der Waals surface area contributed by atoms with E-state index in [0.717, 1.165) is 39.8 Å². The quantitative estimate of drug-likeness (QED) is 0.235. The maximum Gasteiger partial charge on any atom is 0.274 e. The van der Waals surface area contributed by atoms with Crippen LogP contribution in [-0.4, -0.2) is 60.5 Å². The number of hydrogen-bond donors (Lipinski definition) is 1. The minimum atomic E-state index is -0.293. The lowest BCUT2D eigenvalue weighted by Crippen LogP contribution is -2.40. The second-order valence-corrected chi connectivity index (χ2v) is 12.0. The summed E-state index contributed by atoms with van der Waals surface area (Å²) in [5, 5.41) is 7.21. The topological polar surface area (TPSA) is 87.9 Å². The van der Waals surface area contributed by atoms with Crippen molar-refractivity contribution < 1.29 is 18.8 Å². The van der Waals surface area contributed by atoms with E-state index in [0.29, 0.717) is 49.9 Å². The summed E-state index contributed by atoms with van der Waals surface area (Å²) in [6.07, 6.45) is 0.729. The number of aryl methyl sites for hydroxylation is 1. The zero-order chi connectivity index (χ0) is 31.4. The first-order valence-electron chi connectivity index (χ1n) is 15.3. The van der Waals surface area contributed by atoms with Gasteiger partial charge in [0.25, 0.3) is 5.91 Å². The molecule has 8 heteroatoms. The van der Waals surface area contributed by atoms with Gasteiger partial charge in [0.05, 0.1) is 17.7 Å². The largest absolute Gasteiger partial charge is 0.488 e. The van der Waals surface area contributed by atoms with Crippen LogP contribution in [0.5, 0.6) is 5.75 Å². The maximum atomic E-state index is 13.3. The number of carbonyl (C=O) groups excluding carboxylic acids is 2. The van der Waals surface area contributed by atoms with Crippen LogP contribution in [0.25, 0.3) is 22.5 Å². The fraction of sp³-hybridized carbons (Fsp3) is 0.361. The van der Waals surface area contributed by atoms with Crippen molar-refractivity contribution >= 4 is 11.8 Å². The molecule has 230 valence electrons. The van der Waals surface area contributed by atoms with Crippen LogP contribution in [0.1, 0.15) is 65.0 Å². The average molecular weight is 595 g/mol. The molecule has 3 aromatic carbocycles. The molecule has 0 saturated heterocycles. The molecule has 0 fully saturated rings. The van der Waals surface area contributed by atoms with Gasteiger partial charge in [-0.3, -0.25) is 9.59 Å². The van der Waals surface area contributed by atoms with E-state index in [-0.39, 0.29) is 23.4 Å². The summed E-state index contributed by atoms with van der Waals surface area (Å²) in [6, 6.07) is 20.4. The van der Waals surface area contributed by atoms with E-state index in [1.807, 2.05) is 67.2 Å². The maximum absolute atomic E-state index is 13.3. The Kier molecular flexibility index (Phi) is 9.49. The van der Waals surface area contributed by atoms with E-state index < -0.39 is 0 Å². The summed E-state index contributed by atoms with van der Waals surface area (Å²) in [7, 11) is 3.81. The molecule has 2 amide bonds. The lowest BCUT2D eigenvalue weighted by Gasteiger charge is -2.30. The molecule has 44 heavy (non-hydrogen) atoms. The fourth-order valence-corrected chi connectivity index (χ4v) is 5.79. The molecule has 0 spiro atoms. The van der Waals surface area contributed by atoms with Crippen LogP contribution in [0.4, 0.5) is 0 Å². The molecule has 1 aromatic heterocycles. The van der Waals surface area contributed by atoms with Crippen LogP contribution in [0.3, 0.4) is 0 Å². The van der Waals surface area contributed by atoms with Gasteiger partial charge in [0, 0.05) is 19.6 Å². The van der Waals surface area contributed by atoms with Crippen LogP contribution in [0.15, 0.2) is 65.2 Å². The fourth-order valence-electron chi connectivity index (χ4n) is 5.79. The molecule has 1 N–H and O–H groups in total. The smallest absolute Gasteiger partial charge is 0.274 e. The number of nitrogens with one attached hydrogen (secondary N) is 1. The van der Waals surface area contributed by atoms with Crippen LogP contribution >= 0.6 is 0 Å². The molecule has 1 aliphatic rings. The van der Waals surface area contributed by atoms with Crippen LogP contribution in [0, 0.1) is 6.92 Å². The highest BCUT2D eigenvalue weighted by Gasteiger charge is 2.29. The number of amides is 2. The highest BCUT2D eigenvalue weighted by atomic mass is 16.5.